The van der Waals surface area contributed by atoms with Crippen molar-refractivity contribution in [1.82, 2.24) is 10.6 Å². The van der Waals surface area contributed by atoms with E-state index in [1.165, 1.54) is 0 Å². The maximum atomic E-state index is 8.80. The van der Waals surface area contributed by atoms with Crippen molar-refractivity contribution in [2.75, 3.05) is 0 Å². The van der Waals surface area contributed by atoms with Crippen molar-refractivity contribution >= 4 is 5.70 Å². The Morgan fingerprint density at radius 2 is 1.71 bits per heavy atom. The molecule has 4 heteroatoms. The number of hydrogen-bond donors (Lipinski definition) is 2. The second-order valence-corrected chi connectivity index (χ2v) is 3.59. The number of allylic oxidation sites excluding steroid dienone is 2. The zero-order chi connectivity index (χ0) is 12.3. The molecule has 1 aliphatic rings. The van der Waals surface area contributed by atoms with E-state index >= 15 is 0 Å². The van der Waals surface area contributed by atoms with Gasteiger partial charge in [-0.1, -0.05) is 30.3 Å². The Kier molecular flexibility index (Phi) is 2.81. The molecule has 0 aromatic heterocycles. The summed E-state index contributed by atoms with van der Waals surface area (Å²) in [5, 5.41) is 23.7. The average Bonchev–Trinajstić information content (AvgIpc) is 2.74. The second-order valence-electron chi connectivity index (χ2n) is 3.59. The van der Waals surface area contributed by atoms with E-state index in [-0.39, 0.29) is 5.57 Å². The summed E-state index contributed by atoms with van der Waals surface area (Å²) in [5.41, 5.74) is 2.86. The van der Waals surface area contributed by atoms with E-state index < -0.39 is 0 Å². The molecular formula is C13H10N4. The zero-order valence-electron chi connectivity index (χ0n) is 9.28. The fraction of sp³-hybridized carbons (Fsp3) is 0.0769. The number of nitrogens with zero attached hydrogens (tertiary/aromatic N) is 2. The summed E-state index contributed by atoms with van der Waals surface area (Å²) >= 11 is 0. The van der Waals surface area contributed by atoms with Gasteiger partial charge in [-0.15, -0.1) is 0 Å². The summed E-state index contributed by atoms with van der Waals surface area (Å²) in [6, 6.07) is 13.5. The average molecular weight is 222 g/mol. The lowest BCUT2D eigenvalue weighted by Crippen LogP contribution is -2.15. The summed E-state index contributed by atoms with van der Waals surface area (Å²) < 4.78 is 0. The highest BCUT2D eigenvalue weighted by atomic mass is 15.2. The standard InChI is InChI=1S/C13H10N4/c1-9-12(10-5-3-2-4-6-10)17-13(16-9)11(7-14)8-15/h2-6,16-17H,1H3. The highest BCUT2D eigenvalue weighted by Gasteiger charge is 2.18. The quantitative estimate of drug-likeness (QED) is 0.711. The van der Waals surface area contributed by atoms with Gasteiger partial charge in [-0.25, -0.2) is 0 Å². The van der Waals surface area contributed by atoms with Gasteiger partial charge in [0.05, 0.1) is 5.70 Å². The van der Waals surface area contributed by atoms with E-state index in [0.29, 0.717) is 5.82 Å². The van der Waals surface area contributed by atoms with Crippen molar-refractivity contribution in [3.63, 3.8) is 0 Å². The molecule has 4 nitrogen and oxygen atoms in total. The van der Waals surface area contributed by atoms with Gasteiger partial charge in [0.2, 0.25) is 0 Å². The SMILES string of the molecule is CC1=C(c2ccccc2)NC(=C(C#N)C#N)N1. The van der Waals surface area contributed by atoms with E-state index in [2.05, 4.69) is 10.6 Å². The molecule has 1 aromatic carbocycles. The van der Waals surface area contributed by atoms with Gasteiger partial charge < -0.3 is 10.6 Å². The van der Waals surface area contributed by atoms with Crippen LogP contribution in [0.4, 0.5) is 0 Å². The van der Waals surface area contributed by atoms with Crippen molar-refractivity contribution in [3.8, 4) is 12.1 Å². The molecule has 1 aliphatic heterocycles. The van der Waals surface area contributed by atoms with Crippen molar-refractivity contribution in [1.29, 1.82) is 10.5 Å². The summed E-state index contributed by atoms with van der Waals surface area (Å²) in [6.45, 7) is 1.90. The molecule has 0 saturated heterocycles. The minimum atomic E-state index is 0.0512. The van der Waals surface area contributed by atoms with Crippen LogP contribution in [-0.2, 0) is 0 Å². The molecule has 0 radical (unpaired) electrons. The van der Waals surface area contributed by atoms with Crippen molar-refractivity contribution < 1.29 is 0 Å². The first-order valence-electron chi connectivity index (χ1n) is 5.11. The van der Waals surface area contributed by atoms with Crippen molar-refractivity contribution in [2.45, 2.75) is 6.92 Å². The Morgan fingerprint density at radius 1 is 1.06 bits per heavy atom. The molecule has 0 amide bonds. The van der Waals surface area contributed by atoms with Crippen LogP contribution in [0.1, 0.15) is 12.5 Å². The number of nitrogens with one attached hydrogen (secondary N) is 2. The first-order chi connectivity index (χ1) is 8.26. The van der Waals surface area contributed by atoms with Crippen LogP contribution >= 0.6 is 0 Å². The van der Waals surface area contributed by atoms with Crippen molar-refractivity contribution in [2.24, 2.45) is 0 Å². The number of nitriles is 2. The zero-order valence-corrected chi connectivity index (χ0v) is 9.28. The summed E-state index contributed by atoms with van der Waals surface area (Å²) in [7, 11) is 0. The topological polar surface area (TPSA) is 71.6 Å². The number of hydrogen-bond acceptors (Lipinski definition) is 4. The minimum Gasteiger partial charge on any atom is -0.342 e. The van der Waals surface area contributed by atoms with Gasteiger partial charge in [0.15, 0.2) is 5.57 Å². The van der Waals surface area contributed by atoms with E-state index in [1.807, 2.05) is 49.4 Å². The molecule has 82 valence electrons. The molecule has 2 rings (SSSR count). The van der Waals surface area contributed by atoms with E-state index in [1.54, 1.807) is 0 Å². The first-order valence-corrected chi connectivity index (χ1v) is 5.11. The largest absolute Gasteiger partial charge is 0.342 e. The third kappa shape index (κ3) is 1.97. The van der Waals surface area contributed by atoms with E-state index in [4.69, 9.17) is 10.5 Å². The van der Waals surface area contributed by atoms with Gasteiger partial charge in [0, 0.05) is 5.70 Å². The first kappa shape index (κ1) is 10.8. The van der Waals surface area contributed by atoms with Gasteiger partial charge >= 0.3 is 0 Å². The fourth-order valence-corrected chi connectivity index (χ4v) is 1.66. The molecular weight excluding hydrogens is 212 g/mol. The Bertz CT molecular complexity index is 566. The fourth-order valence-electron chi connectivity index (χ4n) is 1.66. The summed E-state index contributed by atoms with van der Waals surface area (Å²) in [4.78, 5) is 0. The molecule has 2 N–H and O–H groups in total. The summed E-state index contributed by atoms with van der Waals surface area (Å²) in [5.74, 6) is 0.450. The monoisotopic (exact) mass is 222 g/mol. The predicted molar refractivity (Wildman–Crippen MR) is 63.6 cm³/mol. The van der Waals surface area contributed by atoms with Crippen LogP contribution in [-0.4, -0.2) is 0 Å². The van der Waals surface area contributed by atoms with Gasteiger partial charge in [-0.05, 0) is 12.5 Å². The third-order valence-corrected chi connectivity index (χ3v) is 2.47. The smallest absolute Gasteiger partial charge is 0.170 e. The van der Waals surface area contributed by atoms with Gasteiger partial charge in [-0.2, -0.15) is 10.5 Å². The van der Waals surface area contributed by atoms with Crippen LogP contribution in [0.3, 0.4) is 0 Å². The second kappa shape index (κ2) is 4.42. The Balaban J connectivity index is 2.37. The molecule has 0 fully saturated rings. The highest BCUT2D eigenvalue weighted by molar-refractivity contribution is 5.71. The van der Waals surface area contributed by atoms with Gasteiger partial charge in [-0.3, -0.25) is 0 Å². The summed E-state index contributed by atoms with van der Waals surface area (Å²) in [6.07, 6.45) is 0. The maximum Gasteiger partial charge on any atom is 0.170 e. The minimum absolute atomic E-state index is 0.0512. The molecule has 0 bridgehead atoms. The maximum absolute atomic E-state index is 8.80. The number of benzene rings is 1. The van der Waals surface area contributed by atoms with Gasteiger partial charge in [0.1, 0.15) is 18.0 Å². The molecule has 0 saturated carbocycles. The lowest BCUT2D eigenvalue weighted by molar-refractivity contribution is 0.947. The Labute approximate surface area is 99.5 Å². The molecule has 0 unspecified atom stereocenters. The molecule has 0 aliphatic carbocycles. The van der Waals surface area contributed by atoms with Crippen LogP contribution in [0.25, 0.3) is 5.70 Å². The van der Waals surface area contributed by atoms with Crippen LogP contribution in [0.15, 0.2) is 47.4 Å². The van der Waals surface area contributed by atoms with E-state index in [0.717, 1.165) is 17.0 Å². The number of rotatable bonds is 1. The molecule has 0 atom stereocenters. The Hall–Kier alpha value is -2.72. The lowest BCUT2D eigenvalue weighted by atomic mass is 10.1. The van der Waals surface area contributed by atoms with Crippen LogP contribution in [0.5, 0.6) is 0 Å². The van der Waals surface area contributed by atoms with Crippen LogP contribution < -0.4 is 10.6 Å². The van der Waals surface area contributed by atoms with Crippen molar-refractivity contribution in [3.05, 3.63) is 53.0 Å². The molecule has 17 heavy (non-hydrogen) atoms. The van der Waals surface area contributed by atoms with E-state index in [9.17, 15) is 0 Å². The molecule has 1 aromatic rings. The van der Waals surface area contributed by atoms with Crippen LogP contribution in [0, 0.1) is 22.7 Å². The highest BCUT2D eigenvalue weighted by Crippen LogP contribution is 2.21. The predicted octanol–water partition coefficient (Wildman–Crippen LogP) is 1.83. The molecule has 0 spiro atoms. The van der Waals surface area contributed by atoms with Gasteiger partial charge in [0.25, 0.3) is 0 Å². The van der Waals surface area contributed by atoms with Crippen LogP contribution in [0.2, 0.25) is 0 Å². The lowest BCUT2D eigenvalue weighted by Gasteiger charge is -2.04. The normalized spacial score (nSPS) is 13.5. The molecule has 1 heterocycles. The Morgan fingerprint density at radius 3 is 2.29 bits per heavy atom. The third-order valence-electron chi connectivity index (χ3n) is 2.47.